The third kappa shape index (κ3) is 8.77. The largest absolute Gasteiger partial charge is 0.482 e. The Bertz CT molecular complexity index is 3430. The van der Waals surface area contributed by atoms with Gasteiger partial charge in [0.1, 0.15) is 47.3 Å². The van der Waals surface area contributed by atoms with E-state index in [-0.39, 0.29) is 54.9 Å². The molecule has 5 N–H and O–H groups in total. The second kappa shape index (κ2) is 19.8. The Balaban J connectivity index is 1.03. The van der Waals surface area contributed by atoms with Gasteiger partial charge in [0.15, 0.2) is 28.5 Å². The average molecular weight is 1110 g/mol. The van der Waals surface area contributed by atoms with Gasteiger partial charge in [0.05, 0.1) is 58.3 Å². The highest BCUT2D eigenvalue weighted by Crippen LogP contribution is 2.74. The Morgan fingerprint density at radius 2 is 1.69 bits per heavy atom. The molecule has 6 fully saturated rings. The van der Waals surface area contributed by atoms with Crippen LogP contribution in [0.2, 0.25) is 0 Å². The van der Waals surface area contributed by atoms with Gasteiger partial charge in [-0.05, 0) is 143 Å². The van der Waals surface area contributed by atoms with Crippen molar-refractivity contribution in [1.82, 2.24) is 14.9 Å². The third-order valence-corrected chi connectivity index (χ3v) is 17.5. The number of aromatic nitrogens is 2. The number of carbonyl (C=O) groups excluding carboxylic acids is 3. The van der Waals surface area contributed by atoms with E-state index in [9.17, 15) is 20.1 Å². The van der Waals surface area contributed by atoms with Crippen LogP contribution >= 0.6 is 0 Å². The lowest BCUT2D eigenvalue weighted by atomic mass is 9.47. The maximum atomic E-state index is 16.1. The standard InChI is InChI=1S/C63H72N4O14/c1-32(2)14-13-25-61(10)26-24-38-50(79-61)37(22-17-33(3)4)52-44(51(38)77-56(73)35-18-20-36(21-19-35)75-57-49(70)48(69)53-42(76-57)31-74-60(8,9)78-53)46-45-47(67-41-16-12-11-15-40(41)65-58(67)66-46)39-30-43-59(6,7)81-62(54(39)71,63(43,45)80-52)27-23-34(5)55(72)64-28-29-68/h11-12,14-21,23-24,26,39,42-43,47-49,53,57,68-70H,13,22,25,27-31H2,1-10H3,(H,64,72)(H,65,66)/b34-23-/t39-,42+,43+,47?,48+,49+,53+,57+,61?,62?,63?/m0/s1. The lowest BCUT2D eigenvalue weighted by Crippen LogP contribution is -2.75. The molecule has 18 heteroatoms. The van der Waals surface area contributed by atoms with E-state index in [2.05, 4.69) is 41.2 Å². The molecule has 11 atom stereocenters. The SMILES string of the molecule is CC(C)=CCCC1(C)C=Cc2c(c(CC=C(C)C)c3c(c2OC(=O)c2ccc(O[C@@H]4O[C@@H]5COC(C)(C)O[C@H]5[C@H](O)[C@H]4O)cc2)C2=C4C([C@@H]5C[C@@H]6C(C)(C)OC(C/C=C(/C)C(=O)NCCO)(C5=O)C46O3)n3c(nc4ccccc43)N2)O1. The number of fused-ring (bicyclic) bond motifs is 7. The smallest absolute Gasteiger partial charge is 0.343 e. The number of amides is 1. The van der Waals surface area contributed by atoms with Crippen LogP contribution < -0.4 is 29.6 Å². The summed E-state index contributed by atoms with van der Waals surface area (Å²) in [4.78, 5) is 49.8. The molecule has 3 aromatic carbocycles. The summed E-state index contributed by atoms with van der Waals surface area (Å²) in [5, 5.41) is 38.3. The topological polar surface area (TPSA) is 228 Å². The van der Waals surface area contributed by atoms with Crippen molar-refractivity contribution in [2.75, 3.05) is 25.1 Å². The van der Waals surface area contributed by atoms with Crippen LogP contribution in [0.1, 0.15) is 128 Å². The minimum absolute atomic E-state index is 0.0107. The summed E-state index contributed by atoms with van der Waals surface area (Å²) in [6.45, 7) is 19.3. The van der Waals surface area contributed by atoms with Crippen molar-refractivity contribution < 1.29 is 67.6 Å². The third-order valence-electron chi connectivity index (χ3n) is 17.5. The second-order valence-corrected chi connectivity index (χ2v) is 24.5. The minimum atomic E-state index is -1.66. The number of carbonyl (C=O) groups is 3. The number of benzene rings is 3. The highest BCUT2D eigenvalue weighted by molar-refractivity contribution is 6.04. The molecule has 13 rings (SSSR count). The first-order valence-corrected chi connectivity index (χ1v) is 28.2. The number of nitrogens with zero attached hydrogens (tertiary/aromatic N) is 2. The number of aliphatic hydroxyl groups is 3. The number of aliphatic hydroxyl groups excluding tert-OH is 3. The van der Waals surface area contributed by atoms with Crippen LogP contribution in [0, 0.1) is 11.8 Å². The predicted molar refractivity (Wildman–Crippen MR) is 300 cm³/mol. The molecule has 18 nitrogen and oxygen atoms in total. The minimum Gasteiger partial charge on any atom is -0.482 e. The Hall–Kier alpha value is -6.64. The molecule has 1 amide bonds. The Labute approximate surface area is 470 Å². The van der Waals surface area contributed by atoms with Crippen LogP contribution in [0.25, 0.3) is 22.8 Å². The molecule has 1 spiro atoms. The molecule has 3 saturated carbocycles. The van der Waals surface area contributed by atoms with E-state index in [0.29, 0.717) is 70.2 Å². The fourth-order valence-electron chi connectivity index (χ4n) is 13.8. The van der Waals surface area contributed by atoms with Gasteiger partial charge in [0.2, 0.25) is 18.1 Å². The molecule has 3 saturated heterocycles. The van der Waals surface area contributed by atoms with Gasteiger partial charge in [-0.15, -0.1) is 0 Å². The zero-order chi connectivity index (χ0) is 57.3. The molecule has 81 heavy (non-hydrogen) atoms. The van der Waals surface area contributed by atoms with Gasteiger partial charge in [-0.3, -0.25) is 9.59 Å². The number of nitrogens with one attached hydrogen (secondary N) is 2. The first kappa shape index (κ1) is 54.9. The highest BCUT2D eigenvalue weighted by atomic mass is 16.8. The van der Waals surface area contributed by atoms with Crippen LogP contribution in [0.4, 0.5) is 5.95 Å². The lowest BCUT2D eigenvalue weighted by Gasteiger charge is -2.62. The van der Waals surface area contributed by atoms with E-state index < -0.39 is 82.7 Å². The van der Waals surface area contributed by atoms with Crippen LogP contribution in [0.3, 0.4) is 0 Å². The van der Waals surface area contributed by atoms with Gasteiger partial charge in [0.25, 0.3) is 0 Å². The molecule has 6 aliphatic heterocycles. The van der Waals surface area contributed by atoms with Gasteiger partial charge in [-0.2, -0.15) is 0 Å². The van der Waals surface area contributed by atoms with Crippen molar-refractivity contribution in [1.29, 1.82) is 0 Å². The van der Waals surface area contributed by atoms with Gasteiger partial charge in [-0.1, -0.05) is 41.5 Å². The van der Waals surface area contributed by atoms with Crippen molar-refractivity contribution in [3.05, 3.63) is 117 Å². The number of hydrogen-bond donors (Lipinski definition) is 5. The number of allylic oxidation sites excluding steroid dienone is 4. The van der Waals surface area contributed by atoms with Crippen molar-refractivity contribution in [2.45, 2.75) is 166 Å². The summed E-state index contributed by atoms with van der Waals surface area (Å²) in [7, 11) is 0. The molecule has 9 aliphatic rings. The van der Waals surface area contributed by atoms with Gasteiger partial charge >= 0.3 is 5.97 Å². The van der Waals surface area contributed by atoms with E-state index in [1.54, 1.807) is 51.1 Å². The number of imidazole rings is 1. The molecule has 7 heterocycles. The summed E-state index contributed by atoms with van der Waals surface area (Å²) in [5.41, 5.74) is 2.32. The predicted octanol–water partition coefficient (Wildman–Crippen LogP) is 8.37. The fourth-order valence-corrected chi connectivity index (χ4v) is 13.8. The van der Waals surface area contributed by atoms with Crippen molar-refractivity contribution in [3.8, 4) is 23.0 Å². The number of rotatable bonds is 14. The number of ketones is 1. The molecule has 1 aromatic heterocycles. The zero-order valence-corrected chi connectivity index (χ0v) is 47.5. The second-order valence-electron chi connectivity index (χ2n) is 24.5. The average Bonchev–Trinajstić information content (AvgIpc) is 1.71. The monoisotopic (exact) mass is 1110 g/mol. The quantitative estimate of drug-likeness (QED) is 0.0346. The van der Waals surface area contributed by atoms with Crippen LogP contribution in [0.5, 0.6) is 23.0 Å². The van der Waals surface area contributed by atoms with Gasteiger partial charge in [0, 0.05) is 41.5 Å². The van der Waals surface area contributed by atoms with E-state index >= 15 is 9.59 Å². The summed E-state index contributed by atoms with van der Waals surface area (Å²) in [5.74, 6) is -1.54. The number of para-hydroxylation sites is 2. The molecule has 3 aliphatic carbocycles. The molecule has 428 valence electrons. The van der Waals surface area contributed by atoms with Crippen LogP contribution in [-0.4, -0.2) is 121 Å². The molecule has 4 aromatic rings. The molecular formula is C63H72N4O14. The number of hydrogen-bond acceptors (Lipinski definition) is 16. The maximum absolute atomic E-state index is 16.1. The first-order chi connectivity index (χ1) is 38.5. The van der Waals surface area contributed by atoms with E-state index in [0.717, 1.165) is 23.1 Å². The van der Waals surface area contributed by atoms with Crippen molar-refractivity contribution in [2.24, 2.45) is 11.8 Å². The Morgan fingerprint density at radius 3 is 2.43 bits per heavy atom. The Kier molecular flexibility index (Phi) is 13.4. The molecule has 0 radical (unpaired) electrons. The fraction of sp³-hybridized carbons (Fsp3) is 0.492. The lowest BCUT2D eigenvalue weighted by molar-refractivity contribution is -0.373. The zero-order valence-electron chi connectivity index (χ0n) is 47.5. The van der Waals surface area contributed by atoms with Gasteiger partial charge < -0.3 is 68.4 Å². The summed E-state index contributed by atoms with van der Waals surface area (Å²) in [6, 6.07) is 13.4. The van der Waals surface area contributed by atoms with Gasteiger partial charge in [-0.25, -0.2) is 9.78 Å². The molecule has 4 unspecified atom stereocenters. The van der Waals surface area contributed by atoms with Crippen LogP contribution in [0.15, 0.2) is 95.1 Å². The molecular weight excluding hydrogens is 1040 g/mol. The highest BCUT2D eigenvalue weighted by Gasteiger charge is 2.84. The summed E-state index contributed by atoms with van der Waals surface area (Å²) in [6.07, 6.45) is 6.50. The van der Waals surface area contributed by atoms with E-state index in [1.165, 1.54) is 5.57 Å². The number of esters is 1. The molecule has 4 bridgehead atoms. The van der Waals surface area contributed by atoms with Crippen LogP contribution in [-0.2, 0) is 35.0 Å². The number of Topliss-reactive ketones (excluding diaryl/α,β-unsaturated/α-hetero) is 1. The van der Waals surface area contributed by atoms with E-state index in [1.807, 2.05) is 71.0 Å². The first-order valence-electron chi connectivity index (χ1n) is 28.2. The van der Waals surface area contributed by atoms with E-state index in [4.69, 9.17) is 42.9 Å². The van der Waals surface area contributed by atoms with Crippen molar-refractivity contribution in [3.63, 3.8) is 0 Å². The maximum Gasteiger partial charge on any atom is 0.343 e. The summed E-state index contributed by atoms with van der Waals surface area (Å²) >= 11 is 0. The van der Waals surface area contributed by atoms with Crippen molar-refractivity contribution >= 4 is 46.4 Å². The summed E-state index contributed by atoms with van der Waals surface area (Å²) < 4.78 is 55.4. The number of anilines is 1. The normalized spacial score (nSPS) is 31.3. The number of ether oxygens (including phenoxy) is 8. The Morgan fingerprint density at radius 1 is 0.938 bits per heavy atom.